The highest BCUT2D eigenvalue weighted by Gasteiger charge is 2.17. The summed E-state index contributed by atoms with van der Waals surface area (Å²) < 4.78 is 10.9. The molecule has 9 nitrogen and oxygen atoms in total. The quantitative estimate of drug-likeness (QED) is 0.484. The van der Waals surface area contributed by atoms with E-state index >= 15 is 0 Å². The van der Waals surface area contributed by atoms with Crippen LogP contribution < -0.4 is 15.2 Å². The Bertz CT molecular complexity index is 939. The first-order valence-electron chi connectivity index (χ1n) is 8.27. The lowest BCUT2D eigenvalue weighted by Crippen LogP contribution is -2.14. The lowest BCUT2D eigenvalue weighted by atomic mass is 10.1. The summed E-state index contributed by atoms with van der Waals surface area (Å²) in [6.07, 6.45) is 0. The van der Waals surface area contributed by atoms with Gasteiger partial charge in [-0.3, -0.25) is 15.2 Å². The van der Waals surface area contributed by atoms with Crippen LogP contribution in [0.2, 0.25) is 0 Å². The van der Waals surface area contributed by atoms with Gasteiger partial charge in [0.1, 0.15) is 5.82 Å². The summed E-state index contributed by atoms with van der Waals surface area (Å²) in [5.41, 5.74) is 7.75. The zero-order valence-electron chi connectivity index (χ0n) is 14.9. The van der Waals surface area contributed by atoms with Crippen molar-refractivity contribution in [1.82, 2.24) is 15.2 Å². The molecule has 1 atom stereocenters. The maximum atomic E-state index is 10.8. The minimum atomic E-state index is -0.547. The number of nitrogens with two attached hydrogens (primary N) is 1. The molecule has 0 aliphatic carbocycles. The summed E-state index contributed by atoms with van der Waals surface area (Å²) in [7, 11) is 1.57. The molecule has 0 unspecified atom stereocenters. The second-order valence-electron chi connectivity index (χ2n) is 5.67. The number of nitrogens with zero attached hydrogens (tertiary/aromatic N) is 3. The van der Waals surface area contributed by atoms with Gasteiger partial charge in [0.25, 0.3) is 5.69 Å². The number of aromatic amines is 1. The van der Waals surface area contributed by atoms with Gasteiger partial charge in [-0.1, -0.05) is 6.07 Å². The van der Waals surface area contributed by atoms with Crippen LogP contribution in [0.1, 0.15) is 24.4 Å². The summed E-state index contributed by atoms with van der Waals surface area (Å²) >= 11 is 0. The van der Waals surface area contributed by atoms with E-state index in [0.717, 1.165) is 5.56 Å². The van der Waals surface area contributed by atoms with Gasteiger partial charge in [0.2, 0.25) is 0 Å². The number of non-ortho nitro benzene ring substituents is 1. The van der Waals surface area contributed by atoms with Crippen molar-refractivity contribution >= 4 is 5.69 Å². The standard InChI is InChI=1S/C18H19N5O4/c1-3-27-15-10-12(6-9-14(15)26-2)16(19)18-20-17(21-22-18)11-4-7-13(8-5-11)23(24)25/h4-10,16H,3,19H2,1-2H3,(H,20,21,22)/t16-/m0/s1. The average molecular weight is 369 g/mol. The molecule has 0 saturated heterocycles. The molecule has 0 fully saturated rings. The first-order valence-corrected chi connectivity index (χ1v) is 8.27. The molecule has 9 heteroatoms. The van der Waals surface area contributed by atoms with Crippen LogP contribution in [0.25, 0.3) is 11.4 Å². The van der Waals surface area contributed by atoms with E-state index in [1.165, 1.54) is 12.1 Å². The van der Waals surface area contributed by atoms with Crippen molar-refractivity contribution in [2.45, 2.75) is 13.0 Å². The van der Waals surface area contributed by atoms with Crippen molar-refractivity contribution in [3.8, 4) is 22.9 Å². The molecule has 0 aliphatic heterocycles. The van der Waals surface area contributed by atoms with E-state index in [1.54, 1.807) is 31.4 Å². The van der Waals surface area contributed by atoms with Gasteiger partial charge >= 0.3 is 0 Å². The van der Waals surface area contributed by atoms with Crippen molar-refractivity contribution in [2.75, 3.05) is 13.7 Å². The van der Waals surface area contributed by atoms with E-state index in [4.69, 9.17) is 15.2 Å². The van der Waals surface area contributed by atoms with E-state index in [-0.39, 0.29) is 5.69 Å². The minimum Gasteiger partial charge on any atom is -0.493 e. The predicted octanol–water partition coefficient (Wildman–Crippen LogP) is 2.84. The molecule has 3 aromatic rings. The SMILES string of the molecule is CCOc1cc([C@H](N)c2nc(-c3ccc([N+](=O)[O-])cc3)n[nH]2)ccc1OC. The highest BCUT2D eigenvalue weighted by molar-refractivity contribution is 5.57. The van der Waals surface area contributed by atoms with E-state index in [0.29, 0.717) is 35.3 Å². The highest BCUT2D eigenvalue weighted by Crippen LogP contribution is 2.31. The molecule has 3 rings (SSSR count). The molecule has 27 heavy (non-hydrogen) atoms. The number of methoxy groups -OCH3 is 1. The van der Waals surface area contributed by atoms with Crippen LogP contribution in [-0.4, -0.2) is 33.8 Å². The number of H-pyrrole nitrogens is 1. The number of rotatable bonds is 7. The van der Waals surface area contributed by atoms with Crippen molar-refractivity contribution < 1.29 is 14.4 Å². The molecule has 0 radical (unpaired) electrons. The predicted molar refractivity (Wildman–Crippen MR) is 98.7 cm³/mol. The number of benzene rings is 2. The van der Waals surface area contributed by atoms with Gasteiger partial charge in [-0.2, -0.15) is 5.10 Å². The summed E-state index contributed by atoms with van der Waals surface area (Å²) in [6, 6.07) is 10.9. The molecule has 3 N–H and O–H groups in total. The number of nitro benzene ring substituents is 1. The Balaban J connectivity index is 1.85. The Morgan fingerprint density at radius 2 is 1.96 bits per heavy atom. The molecule has 1 heterocycles. The fourth-order valence-electron chi connectivity index (χ4n) is 2.59. The molecule has 0 spiro atoms. The Labute approximate surface area is 155 Å². The summed E-state index contributed by atoms with van der Waals surface area (Å²) in [4.78, 5) is 14.7. The van der Waals surface area contributed by atoms with Gasteiger partial charge in [0.05, 0.1) is 24.7 Å². The lowest BCUT2D eigenvalue weighted by molar-refractivity contribution is -0.384. The monoisotopic (exact) mass is 369 g/mol. The smallest absolute Gasteiger partial charge is 0.269 e. The van der Waals surface area contributed by atoms with Crippen LogP contribution >= 0.6 is 0 Å². The molecule has 140 valence electrons. The Kier molecular flexibility index (Phi) is 5.32. The van der Waals surface area contributed by atoms with Crippen molar-refractivity contribution in [3.05, 3.63) is 64.0 Å². The maximum absolute atomic E-state index is 10.8. The van der Waals surface area contributed by atoms with Gasteiger partial charge in [-0.25, -0.2) is 4.98 Å². The van der Waals surface area contributed by atoms with E-state index in [2.05, 4.69) is 15.2 Å². The molecule has 0 aliphatic rings. The maximum Gasteiger partial charge on any atom is 0.269 e. The van der Waals surface area contributed by atoms with Crippen LogP contribution in [0.5, 0.6) is 11.5 Å². The minimum absolute atomic E-state index is 0.00731. The van der Waals surface area contributed by atoms with E-state index < -0.39 is 11.0 Å². The van der Waals surface area contributed by atoms with Crippen LogP contribution in [-0.2, 0) is 0 Å². The third-order valence-corrected chi connectivity index (χ3v) is 3.98. The highest BCUT2D eigenvalue weighted by atomic mass is 16.6. The lowest BCUT2D eigenvalue weighted by Gasteiger charge is -2.14. The van der Waals surface area contributed by atoms with Crippen LogP contribution in [0.4, 0.5) is 5.69 Å². The van der Waals surface area contributed by atoms with Gasteiger partial charge in [-0.15, -0.1) is 0 Å². The molecule has 1 aromatic heterocycles. The average Bonchev–Trinajstić information content (AvgIpc) is 3.18. The summed E-state index contributed by atoms with van der Waals surface area (Å²) in [5.74, 6) is 2.10. The first kappa shape index (κ1) is 18.3. The number of aromatic nitrogens is 3. The zero-order chi connectivity index (χ0) is 19.4. The molecule has 0 amide bonds. The third kappa shape index (κ3) is 3.87. The number of hydrogen-bond acceptors (Lipinski definition) is 7. The van der Waals surface area contributed by atoms with Crippen molar-refractivity contribution in [3.63, 3.8) is 0 Å². The van der Waals surface area contributed by atoms with Gasteiger partial charge in [0.15, 0.2) is 17.3 Å². The molecular weight excluding hydrogens is 350 g/mol. The molecule has 0 bridgehead atoms. The van der Waals surface area contributed by atoms with Crippen LogP contribution in [0.3, 0.4) is 0 Å². The Morgan fingerprint density at radius 1 is 1.22 bits per heavy atom. The largest absolute Gasteiger partial charge is 0.493 e. The molecule has 0 saturated carbocycles. The topological polar surface area (TPSA) is 129 Å². The zero-order valence-corrected chi connectivity index (χ0v) is 14.9. The van der Waals surface area contributed by atoms with E-state index in [1.807, 2.05) is 13.0 Å². The summed E-state index contributed by atoms with van der Waals surface area (Å²) in [5, 5.41) is 17.7. The second-order valence-corrected chi connectivity index (χ2v) is 5.67. The van der Waals surface area contributed by atoms with Crippen molar-refractivity contribution in [1.29, 1.82) is 0 Å². The number of nitro groups is 1. The van der Waals surface area contributed by atoms with Crippen LogP contribution in [0.15, 0.2) is 42.5 Å². The fourth-order valence-corrected chi connectivity index (χ4v) is 2.59. The van der Waals surface area contributed by atoms with Gasteiger partial charge in [-0.05, 0) is 36.8 Å². The van der Waals surface area contributed by atoms with Crippen molar-refractivity contribution in [2.24, 2.45) is 5.73 Å². The first-order chi connectivity index (χ1) is 13.0. The van der Waals surface area contributed by atoms with Crippen LogP contribution in [0, 0.1) is 10.1 Å². The number of nitrogens with one attached hydrogen (secondary N) is 1. The summed E-state index contributed by atoms with van der Waals surface area (Å²) in [6.45, 7) is 2.39. The normalized spacial score (nSPS) is 11.8. The number of hydrogen-bond donors (Lipinski definition) is 2. The van der Waals surface area contributed by atoms with Gasteiger partial charge < -0.3 is 15.2 Å². The molecular formula is C18H19N5O4. The fraction of sp³-hybridized carbons (Fsp3) is 0.222. The van der Waals surface area contributed by atoms with Gasteiger partial charge in [0, 0.05) is 17.7 Å². The Morgan fingerprint density at radius 3 is 2.59 bits per heavy atom. The molecule has 2 aromatic carbocycles. The Hall–Kier alpha value is -3.46. The third-order valence-electron chi connectivity index (χ3n) is 3.98. The number of ether oxygens (including phenoxy) is 2. The second kappa shape index (κ2) is 7.83. The van der Waals surface area contributed by atoms with E-state index in [9.17, 15) is 10.1 Å².